The van der Waals surface area contributed by atoms with Crippen molar-refractivity contribution in [3.05, 3.63) is 0 Å². The number of likely N-dealkylation sites (tertiary alicyclic amines) is 1. The Balaban J connectivity index is 2.01. The van der Waals surface area contributed by atoms with Crippen LogP contribution in [0.15, 0.2) is 0 Å². The van der Waals surface area contributed by atoms with Crippen molar-refractivity contribution in [1.29, 1.82) is 0 Å². The second-order valence-corrected chi connectivity index (χ2v) is 12.5. The Morgan fingerprint density at radius 2 is 1.97 bits per heavy atom. The minimum atomic E-state index is -1.14. The fraction of sp³-hybridized carbons (Fsp3) is 0.870. The number of hydrogen-bond acceptors (Lipinski definition) is 6. The summed E-state index contributed by atoms with van der Waals surface area (Å²) >= 11 is 3.61. The first-order valence-electron chi connectivity index (χ1n) is 11.4. The van der Waals surface area contributed by atoms with Gasteiger partial charge in [-0.25, -0.2) is 0 Å². The highest BCUT2D eigenvalue weighted by Crippen LogP contribution is 2.60. The van der Waals surface area contributed by atoms with Crippen LogP contribution in [-0.2, 0) is 23.9 Å². The van der Waals surface area contributed by atoms with Gasteiger partial charge in [0.25, 0.3) is 0 Å². The lowest BCUT2D eigenvalue weighted by atomic mass is 9.70. The maximum atomic E-state index is 13.8. The number of aliphatic hydroxyl groups is 1. The van der Waals surface area contributed by atoms with E-state index in [0.29, 0.717) is 6.42 Å². The summed E-state index contributed by atoms with van der Waals surface area (Å²) < 4.78 is 11.6. The smallest absolute Gasteiger partial charge is 0.312 e. The van der Waals surface area contributed by atoms with Crippen LogP contribution in [-0.4, -0.2) is 75.2 Å². The van der Waals surface area contributed by atoms with Gasteiger partial charge in [0.15, 0.2) is 0 Å². The number of halogens is 1. The van der Waals surface area contributed by atoms with Gasteiger partial charge in [-0.15, -0.1) is 0 Å². The quantitative estimate of drug-likeness (QED) is 0.396. The number of esters is 1. The first kappa shape index (κ1) is 25.4. The molecule has 3 aliphatic rings. The van der Waals surface area contributed by atoms with Crippen molar-refractivity contribution in [2.75, 3.05) is 13.2 Å². The second kappa shape index (κ2) is 8.55. The number of aliphatic hydroxyl groups excluding tert-OH is 1. The number of carbonyl (C=O) groups excluding carboxylic acids is 3. The van der Waals surface area contributed by atoms with Crippen LogP contribution >= 0.6 is 15.9 Å². The molecule has 3 rings (SSSR count). The van der Waals surface area contributed by atoms with Gasteiger partial charge < -0.3 is 24.8 Å². The molecular weight excluding hydrogens is 480 g/mol. The Morgan fingerprint density at radius 1 is 1.34 bits per heavy atom. The van der Waals surface area contributed by atoms with Crippen LogP contribution in [0, 0.1) is 17.3 Å². The molecule has 0 saturated carbocycles. The Kier molecular flexibility index (Phi) is 6.79. The molecule has 32 heavy (non-hydrogen) atoms. The minimum absolute atomic E-state index is 0.0144. The van der Waals surface area contributed by atoms with E-state index in [-0.39, 0.29) is 35.3 Å². The number of hydrogen-bond donors (Lipinski definition) is 2. The van der Waals surface area contributed by atoms with Crippen molar-refractivity contribution in [3.8, 4) is 0 Å². The fourth-order valence-electron chi connectivity index (χ4n) is 6.21. The molecule has 3 saturated heterocycles. The standard InChI is InChI=1S/C23H37BrN2O6/c1-8-31-20(30)14-15-19(29)26(12(2)10-27)17(23(15)9-13(24)16(14)32-23)18(28)25-22(6,7)11-21(3,4)5/h12-17,27H,8-11H2,1-7H3,(H,25,28)/t12-,13?,14+,15-,16+,17+,23-/m1/s1. The predicted octanol–water partition coefficient (Wildman–Crippen LogP) is 2.01. The van der Waals surface area contributed by atoms with Crippen molar-refractivity contribution in [2.24, 2.45) is 17.3 Å². The third-order valence-corrected chi connectivity index (χ3v) is 7.55. The molecule has 3 aliphatic heterocycles. The summed E-state index contributed by atoms with van der Waals surface area (Å²) in [6.07, 6.45) is 0.623. The number of amides is 2. The predicted molar refractivity (Wildman–Crippen MR) is 122 cm³/mol. The molecule has 0 aromatic carbocycles. The molecule has 3 heterocycles. The molecular formula is C23H37BrN2O6. The minimum Gasteiger partial charge on any atom is -0.466 e. The molecule has 0 aliphatic carbocycles. The summed E-state index contributed by atoms with van der Waals surface area (Å²) in [5.41, 5.74) is -1.68. The highest BCUT2D eigenvalue weighted by atomic mass is 79.9. The van der Waals surface area contributed by atoms with Crippen LogP contribution in [0.4, 0.5) is 0 Å². The monoisotopic (exact) mass is 516 g/mol. The van der Waals surface area contributed by atoms with Gasteiger partial charge in [-0.1, -0.05) is 36.7 Å². The van der Waals surface area contributed by atoms with E-state index in [1.807, 2.05) is 13.8 Å². The van der Waals surface area contributed by atoms with Crippen molar-refractivity contribution in [1.82, 2.24) is 10.2 Å². The molecule has 2 amide bonds. The Hall–Kier alpha value is -1.19. The van der Waals surface area contributed by atoms with E-state index in [0.717, 1.165) is 6.42 Å². The molecule has 7 atom stereocenters. The number of carbonyl (C=O) groups is 3. The normalized spacial score (nSPS) is 35.1. The van der Waals surface area contributed by atoms with E-state index in [4.69, 9.17) is 9.47 Å². The van der Waals surface area contributed by atoms with Gasteiger partial charge in [0.05, 0.1) is 37.2 Å². The average Bonchev–Trinajstić information content (AvgIpc) is 3.22. The maximum absolute atomic E-state index is 13.8. The molecule has 1 unspecified atom stereocenters. The molecule has 0 radical (unpaired) electrons. The van der Waals surface area contributed by atoms with Crippen LogP contribution < -0.4 is 5.32 Å². The number of alkyl halides is 1. The molecule has 9 heteroatoms. The van der Waals surface area contributed by atoms with Gasteiger partial charge in [-0.2, -0.15) is 0 Å². The average molecular weight is 517 g/mol. The third-order valence-electron chi connectivity index (χ3n) is 6.71. The van der Waals surface area contributed by atoms with Crippen molar-refractivity contribution < 1.29 is 29.0 Å². The summed E-state index contributed by atoms with van der Waals surface area (Å²) in [6, 6.07) is -1.53. The van der Waals surface area contributed by atoms with Gasteiger partial charge in [-0.05, 0) is 46.0 Å². The van der Waals surface area contributed by atoms with Gasteiger partial charge in [-0.3, -0.25) is 14.4 Å². The molecule has 1 spiro atoms. The maximum Gasteiger partial charge on any atom is 0.312 e. The first-order chi connectivity index (χ1) is 14.7. The molecule has 2 bridgehead atoms. The van der Waals surface area contributed by atoms with E-state index >= 15 is 0 Å². The lowest BCUT2D eigenvalue weighted by molar-refractivity contribution is -0.155. The van der Waals surface area contributed by atoms with Gasteiger partial charge in [0.2, 0.25) is 11.8 Å². The van der Waals surface area contributed by atoms with Crippen LogP contribution in [0.3, 0.4) is 0 Å². The van der Waals surface area contributed by atoms with E-state index < -0.39 is 47.1 Å². The SMILES string of the molecule is CCOC(=O)[C@@H]1[C@H]2O[C@@]3(CC2Br)[C@H](C(=O)NC(C)(C)CC(C)(C)C)N([C@H](C)CO)C(=O)[C@@H]13. The van der Waals surface area contributed by atoms with E-state index in [1.54, 1.807) is 13.8 Å². The first-order valence-corrected chi connectivity index (χ1v) is 12.3. The summed E-state index contributed by atoms with van der Waals surface area (Å²) in [5, 5.41) is 13.0. The van der Waals surface area contributed by atoms with Crippen LogP contribution in [0.1, 0.15) is 61.3 Å². The Morgan fingerprint density at radius 3 is 2.50 bits per heavy atom. The Bertz CT molecular complexity index is 781. The summed E-state index contributed by atoms with van der Waals surface area (Å²) in [7, 11) is 0. The zero-order valence-electron chi connectivity index (χ0n) is 20.1. The molecule has 8 nitrogen and oxygen atoms in total. The van der Waals surface area contributed by atoms with Crippen molar-refractivity contribution >= 4 is 33.7 Å². The second-order valence-electron chi connectivity index (χ2n) is 11.3. The van der Waals surface area contributed by atoms with E-state index in [2.05, 4.69) is 42.0 Å². The van der Waals surface area contributed by atoms with Gasteiger partial charge >= 0.3 is 5.97 Å². The fourth-order valence-corrected chi connectivity index (χ4v) is 7.15. The lowest BCUT2D eigenvalue weighted by Gasteiger charge is -2.39. The largest absolute Gasteiger partial charge is 0.466 e. The number of fused-ring (bicyclic) bond motifs is 1. The van der Waals surface area contributed by atoms with E-state index in [1.165, 1.54) is 4.90 Å². The summed E-state index contributed by atoms with van der Waals surface area (Å²) in [5.74, 6) is -2.72. The molecule has 182 valence electrons. The highest BCUT2D eigenvalue weighted by molar-refractivity contribution is 9.09. The molecule has 2 N–H and O–H groups in total. The third kappa shape index (κ3) is 4.20. The zero-order chi connectivity index (χ0) is 24.2. The summed E-state index contributed by atoms with van der Waals surface area (Å²) in [4.78, 5) is 41.5. The van der Waals surface area contributed by atoms with Crippen LogP contribution in [0.5, 0.6) is 0 Å². The number of nitrogens with one attached hydrogen (secondary N) is 1. The zero-order valence-corrected chi connectivity index (χ0v) is 21.7. The summed E-state index contributed by atoms with van der Waals surface area (Å²) in [6.45, 7) is 13.6. The van der Waals surface area contributed by atoms with Gasteiger partial charge in [0.1, 0.15) is 11.6 Å². The number of nitrogens with zero attached hydrogens (tertiary/aromatic N) is 1. The topological polar surface area (TPSA) is 105 Å². The van der Waals surface area contributed by atoms with Gasteiger partial charge in [0, 0.05) is 10.4 Å². The molecule has 0 aromatic rings. The molecule has 3 fully saturated rings. The molecule has 0 aromatic heterocycles. The van der Waals surface area contributed by atoms with E-state index in [9.17, 15) is 19.5 Å². The number of rotatable bonds is 7. The van der Waals surface area contributed by atoms with Crippen molar-refractivity contribution in [2.45, 2.75) is 95.5 Å². The Labute approximate surface area is 198 Å². The van der Waals surface area contributed by atoms with Crippen LogP contribution in [0.25, 0.3) is 0 Å². The number of ether oxygens (including phenoxy) is 2. The lowest BCUT2D eigenvalue weighted by Crippen LogP contribution is -2.61. The van der Waals surface area contributed by atoms with Crippen molar-refractivity contribution in [3.63, 3.8) is 0 Å². The highest BCUT2D eigenvalue weighted by Gasteiger charge is 2.77. The van der Waals surface area contributed by atoms with Crippen LogP contribution in [0.2, 0.25) is 0 Å².